The van der Waals surface area contributed by atoms with E-state index in [2.05, 4.69) is 6.92 Å². The average Bonchev–Trinajstić information content (AvgIpc) is 2.23. The predicted octanol–water partition coefficient (Wildman–Crippen LogP) is 2.41. The van der Waals surface area contributed by atoms with Crippen LogP contribution in [0.4, 0.5) is 4.79 Å². The summed E-state index contributed by atoms with van der Waals surface area (Å²) in [6.07, 6.45) is 1.96. The Balaban J connectivity index is 4.64. The molecule has 0 rings (SSSR count). The largest absolute Gasteiger partial charge is 0.481 e. The molecule has 5 heteroatoms. The summed E-state index contributed by atoms with van der Waals surface area (Å²) in [4.78, 5) is 26.2. The quantitative estimate of drug-likeness (QED) is 0.796. The number of carboxylic acids is 1. The number of hydrogen-bond acceptors (Lipinski definition) is 2. The number of carbonyl (C=O) groups excluding carboxylic acids is 1. The Bertz CT molecular complexity index is 284. The van der Waals surface area contributed by atoms with Crippen LogP contribution < -0.4 is 0 Å². The lowest BCUT2D eigenvalue weighted by Crippen LogP contribution is -2.51. The third-order valence-electron chi connectivity index (χ3n) is 2.76. The average molecular weight is 258 g/mol. The molecule has 0 fully saturated rings. The number of unbranched alkanes of at least 4 members (excludes halogenated alkanes) is 1. The predicted molar refractivity (Wildman–Crippen MR) is 71.6 cm³/mol. The van der Waals surface area contributed by atoms with Crippen LogP contribution in [0.1, 0.15) is 47.0 Å². The second-order valence-electron chi connectivity index (χ2n) is 5.52. The molecule has 0 unspecified atom stereocenters. The van der Waals surface area contributed by atoms with Crippen LogP contribution in [0.25, 0.3) is 0 Å². The van der Waals surface area contributed by atoms with E-state index in [1.54, 1.807) is 16.8 Å². The minimum atomic E-state index is -0.881. The van der Waals surface area contributed by atoms with E-state index in [4.69, 9.17) is 5.11 Å². The van der Waals surface area contributed by atoms with E-state index in [9.17, 15) is 9.59 Å². The van der Waals surface area contributed by atoms with Gasteiger partial charge in [0.1, 0.15) is 0 Å². The van der Waals surface area contributed by atoms with Gasteiger partial charge in [-0.3, -0.25) is 4.79 Å². The first kappa shape index (κ1) is 16.7. The molecule has 0 spiro atoms. The maximum atomic E-state index is 12.3. The molecule has 2 amide bonds. The molecule has 0 aromatic rings. The fraction of sp³-hybridized carbons (Fsp3) is 0.846. The summed E-state index contributed by atoms with van der Waals surface area (Å²) in [5, 5.41) is 8.74. The van der Waals surface area contributed by atoms with E-state index in [0.29, 0.717) is 6.54 Å². The highest BCUT2D eigenvalue weighted by atomic mass is 16.4. The molecule has 5 nitrogen and oxygen atoms in total. The summed E-state index contributed by atoms with van der Waals surface area (Å²) in [6, 6.07) is -0.0998. The third kappa shape index (κ3) is 5.89. The van der Waals surface area contributed by atoms with Gasteiger partial charge in [0.2, 0.25) is 0 Å². The van der Waals surface area contributed by atoms with Crippen LogP contribution >= 0.6 is 0 Å². The zero-order chi connectivity index (χ0) is 14.3. The molecular weight excluding hydrogens is 232 g/mol. The molecular formula is C13H26N2O3. The number of hydrogen-bond donors (Lipinski definition) is 1. The van der Waals surface area contributed by atoms with Crippen LogP contribution in [0.3, 0.4) is 0 Å². The Morgan fingerprint density at radius 3 is 2.11 bits per heavy atom. The summed E-state index contributed by atoms with van der Waals surface area (Å²) >= 11 is 0. The van der Waals surface area contributed by atoms with Gasteiger partial charge in [0.15, 0.2) is 0 Å². The zero-order valence-corrected chi connectivity index (χ0v) is 12.2. The Morgan fingerprint density at radius 2 is 1.72 bits per heavy atom. The van der Waals surface area contributed by atoms with E-state index in [1.165, 1.54) is 0 Å². The van der Waals surface area contributed by atoms with Crippen molar-refractivity contribution in [3.63, 3.8) is 0 Å². The lowest BCUT2D eigenvalue weighted by molar-refractivity contribution is -0.137. The molecule has 106 valence electrons. The molecule has 0 aliphatic rings. The maximum Gasteiger partial charge on any atom is 0.320 e. The van der Waals surface area contributed by atoms with Gasteiger partial charge in [-0.05, 0) is 27.2 Å². The molecule has 0 saturated heterocycles. The molecule has 0 aromatic carbocycles. The van der Waals surface area contributed by atoms with E-state index >= 15 is 0 Å². The van der Waals surface area contributed by atoms with Crippen molar-refractivity contribution in [1.29, 1.82) is 0 Å². The van der Waals surface area contributed by atoms with Gasteiger partial charge in [-0.2, -0.15) is 0 Å². The van der Waals surface area contributed by atoms with Gasteiger partial charge in [-0.1, -0.05) is 13.3 Å². The lowest BCUT2D eigenvalue weighted by Gasteiger charge is -2.38. The van der Waals surface area contributed by atoms with Crippen LogP contribution in [0.15, 0.2) is 0 Å². The van der Waals surface area contributed by atoms with E-state index in [-0.39, 0.29) is 24.5 Å². The monoisotopic (exact) mass is 258 g/mol. The van der Waals surface area contributed by atoms with Crippen molar-refractivity contribution >= 4 is 12.0 Å². The van der Waals surface area contributed by atoms with Crippen molar-refractivity contribution in [3.8, 4) is 0 Å². The second-order valence-corrected chi connectivity index (χ2v) is 5.52. The van der Waals surface area contributed by atoms with Crippen molar-refractivity contribution in [2.24, 2.45) is 0 Å². The molecule has 0 radical (unpaired) electrons. The lowest BCUT2D eigenvalue weighted by atomic mass is 10.1. The minimum absolute atomic E-state index is 0.0232. The number of rotatable bonds is 6. The Hall–Kier alpha value is -1.26. The van der Waals surface area contributed by atoms with Crippen LogP contribution in [-0.2, 0) is 4.79 Å². The number of nitrogens with zero attached hydrogens (tertiary/aromatic N) is 2. The third-order valence-corrected chi connectivity index (χ3v) is 2.76. The Kier molecular flexibility index (Phi) is 6.73. The van der Waals surface area contributed by atoms with Gasteiger partial charge in [0.05, 0.1) is 6.42 Å². The normalized spacial score (nSPS) is 11.2. The van der Waals surface area contributed by atoms with Crippen molar-refractivity contribution < 1.29 is 14.7 Å². The second kappa shape index (κ2) is 7.24. The first-order valence-electron chi connectivity index (χ1n) is 6.44. The molecule has 0 aliphatic carbocycles. The summed E-state index contributed by atoms with van der Waals surface area (Å²) in [7, 11) is 1.76. The molecule has 0 atom stereocenters. The van der Waals surface area contributed by atoms with Crippen molar-refractivity contribution in [2.45, 2.75) is 52.5 Å². The van der Waals surface area contributed by atoms with E-state index in [1.807, 2.05) is 20.8 Å². The van der Waals surface area contributed by atoms with Gasteiger partial charge in [0.25, 0.3) is 0 Å². The highest BCUT2D eigenvalue weighted by Gasteiger charge is 2.28. The summed E-state index contributed by atoms with van der Waals surface area (Å²) in [5.41, 5.74) is -0.368. The van der Waals surface area contributed by atoms with Gasteiger partial charge >= 0.3 is 12.0 Å². The minimum Gasteiger partial charge on any atom is -0.481 e. The van der Waals surface area contributed by atoms with Crippen molar-refractivity contribution in [1.82, 2.24) is 9.80 Å². The maximum absolute atomic E-state index is 12.3. The number of amides is 2. The Morgan fingerprint density at radius 1 is 1.17 bits per heavy atom. The fourth-order valence-electron chi connectivity index (χ4n) is 1.62. The van der Waals surface area contributed by atoms with Crippen molar-refractivity contribution in [3.05, 3.63) is 0 Å². The SMILES string of the molecule is CCCCN(C)C(=O)N(CCC(=O)O)C(C)(C)C. The smallest absolute Gasteiger partial charge is 0.320 e. The summed E-state index contributed by atoms with van der Waals surface area (Å²) in [6.45, 7) is 8.77. The summed E-state index contributed by atoms with van der Waals surface area (Å²) < 4.78 is 0. The topological polar surface area (TPSA) is 60.9 Å². The first-order chi connectivity index (χ1) is 8.20. The van der Waals surface area contributed by atoms with E-state index < -0.39 is 5.97 Å². The molecule has 0 heterocycles. The summed E-state index contributed by atoms with van der Waals surface area (Å²) in [5.74, 6) is -0.881. The van der Waals surface area contributed by atoms with E-state index in [0.717, 1.165) is 12.8 Å². The number of aliphatic carboxylic acids is 1. The Labute approximate surface area is 110 Å². The molecule has 0 aromatic heterocycles. The van der Waals surface area contributed by atoms with Crippen molar-refractivity contribution in [2.75, 3.05) is 20.1 Å². The van der Waals surface area contributed by atoms with Crippen LogP contribution in [0.5, 0.6) is 0 Å². The van der Waals surface area contributed by atoms with Crippen LogP contribution in [0, 0.1) is 0 Å². The molecule has 0 aliphatic heterocycles. The molecule has 1 N–H and O–H groups in total. The molecule has 0 bridgehead atoms. The standard InChI is InChI=1S/C13H26N2O3/c1-6-7-9-14(5)12(18)15(13(2,3)4)10-8-11(16)17/h6-10H2,1-5H3,(H,16,17). The molecule has 0 saturated carbocycles. The van der Waals surface area contributed by atoms with Gasteiger partial charge in [0, 0.05) is 25.7 Å². The number of carbonyl (C=O) groups is 2. The van der Waals surface area contributed by atoms with Gasteiger partial charge < -0.3 is 14.9 Å². The molecule has 18 heavy (non-hydrogen) atoms. The van der Waals surface area contributed by atoms with Gasteiger partial charge in [-0.25, -0.2) is 4.79 Å². The highest BCUT2D eigenvalue weighted by molar-refractivity contribution is 5.76. The first-order valence-corrected chi connectivity index (χ1v) is 6.44. The fourth-order valence-corrected chi connectivity index (χ4v) is 1.62. The van der Waals surface area contributed by atoms with Gasteiger partial charge in [-0.15, -0.1) is 0 Å². The van der Waals surface area contributed by atoms with Crippen LogP contribution in [0.2, 0.25) is 0 Å². The zero-order valence-electron chi connectivity index (χ0n) is 12.2. The number of carboxylic acid groups (broad SMARTS) is 1. The number of urea groups is 1. The highest BCUT2D eigenvalue weighted by Crippen LogP contribution is 2.16. The van der Waals surface area contributed by atoms with Crippen LogP contribution in [-0.4, -0.2) is 52.6 Å².